The first-order valence-corrected chi connectivity index (χ1v) is 10.4. The molecule has 9 heteroatoms. The van der Waals surface area contributed by atoms with Gasteiger partial charge in [0.1, 0.15) is 15.9 Å². The van der Waals surface area contributed by atoms with Crippen LogP contribution in [0.3, 0.4) is 0 Å². The molecule has 3 rings (SSSR count). The van der Waals surface area contributed by atoms with E-state index in [1.165, 1.54) is 4.88 Å². The van der Waals surface area contributed by atoms with E-state index in [-0.39, 0.29) is 5.75 Å². The third-order valence-electron chi connectivity index (χ3n) is 3.71. The number of fused-ring (bicyclic) bond motifs is 1. The van der Waals surface area contributed by atoms with E-state index in [2.05, 4.69) is 10.00 Å². The summed E-state index contributed by atoms with van der Waals surface area (Å²) in [6.07, 6.45) is 0.0350. The fourth-order valence-corrected chi connectivity index (χ4v) is 4.54. The number of halogens is 1. The van der Waals surface area contributed by atoms with Crippen LogP contribution in [0.5, 0.6) is 0 Å². The van der Waals surface area contributed by atoms with Gasteiger partial charge in [0, 0.05) is 30.8 Å². The second-order valence-corrected chi connectivity index (χ2v) is 9.79. The zero-order chi connectivity index (χ0) is 16.6. The Hall–Kier alpha value is -0.930. The lowest BCUT2D eigenvalue weighted by Gasteiger charge is -2.26. The van der Waals surface area contributed by atoms with Crippen LogP contribution in [0.25, 0.3) is 0 Å². The van der Waals surface area contributed by atoms with Crippen molar-refractivity contribution in [3.63, 3.8) is 0 Å². The van der Waals surface area contributed by atoms with E-state index in [1.54, 1.807) is 17.4 Å². The summed E-state index contributed by atoms with van der Waals surface area (Å²) in [6.45, 7) is 3.11. The van der Waals surface area contributed by atoms with Crippen LogP contribution in [-0.4, -0.2) is 46.8 Å². The fourth-order valence-electron chi connectivity index (χ4n) is 2.67. The highest BCUT2D eigenvalue weighted by atomic mass is 35.5. The van der Waals surface area contributed by atoms with E-state index in [4.69, 9.17) is 11.6 Å². The molecule has 0 saturated carbocycles. The number of aliphatic hydroxyl groups excluding tert-OH is 1. The van der Waals surface area contributed by atoms with Crippen molar-refractivity contribution in [3.8, 4) is 0 Å². The van der Waals surface area contributed by atoms with Crippen molar-refractivity contribution in [3.05, 3.63) is 38.8 Å². The molecule has 1 N–H and O–H groups in total. The van der Waals surface area contributed by atoms with Gasteiger partial charge in [0.25, 0.3) is 0 Å². The molecule has 2 aromatic rings. The van der Waals surface area contributed by atoms with Crippen molar-refractivity contribution in [2.75, 3.05) is 18.6 Å². The summed E-state index contributed by atoms with van der Waals surface area (Å²) >= 11 is 7.53. The normalized spacial score (nSPS) is 17.2. The van der Waals surface area contributed by atoms with E-state index >= 15 is 0 Å². The largest absolute Gasteiger partial charge is 0.386 e. The van der Waals surface area contributed by atoms with Crippen LogP contribution >= 0.6 is 22.9 Å². The highest BCUT2D eigenvalue weighted by Crippen LogP contribution is 2.25. The van der Waals surface area contributed by atoms with Crippen molar-refractivity contribution in [1.82, 2.24) is 14.7 Å². The van der Waals surface area contributed by atoms with E-state index in [0.717, 1.165) is 35.9 Å². The van der Waals surface area contributed by atoms with Crippen LogP contribution < -0.4 is 0 Å². The van der Waals surface area contributed by atoms with Crippen molar-refractivity contribution < 1.29 is 13.5 Å². The van der Waals surface area contributed by atoms with E-state index < -0.39 is 15.9 Å². The molecule has 0 radical (unpaired) electrons. The van der Waals surface area contributed by atoms with E-state index in [1.807, 2.05) is 16.8 Å². The summed E-state index contributed by atoms with van der Waals surface area (Å²) in [4.78, 5) is 3.49. The zero-order valence-corrected chi connectivity index (χ0v) is 15.0. The van der Waals surface area contributed by atoms with Gasteiger partial charge < -0.3 is 5.11 Å². The first-order chi connectivity index (χ1) is 10.8. The molecule has 1 atom stereocenters. The lowest BCUT2D eigenvalue weighted by molar-refractivity contribution is 0.191. The number of aliphatic hydroxyl groups is 1. The van der Waals surface area contributed by atoms with Crippen LogP contribution in [0.1, 0.15) is 22.4 Å². The number of thiophene rings is 1. The SMILES string of the molecule is CS(=O)(=O)C[C@H](O)c1cc2n(n1)CCN(Cc1ccc(Cl)s1)C2. The molecule has 0 fully saturated rings. The van der Waals surface area contributed by atoms with Crippen molar-refractivity contribution in [1.29, 1.82) is 0 Å². The summed E-state index contributed by atoms with van der Waals surface area (Å²) in [7, 11) is -3.24. The molecule has 0 amide bonds. The molecular formula is C14H18ClN3O3S2. The number of rotatable bonds is 5. The standard InChI is InChI=1S/C14H18ClN3O3S2/c1-23(20,21)9-13(19)12-6-10-7-17(4-5-18(10)16-12)8-11-2-3-14(15)22-11/h2-3,6,13,19H,4-5,7-9H2,1H3/t13-/m0/s1. The highest BCUT2D eigenvalue weighted by molar-refractivity contribution is 7.90. The maximum Gasteiger partial charge on any atom is 0.150 e. The maximum absolute atomic E-state index is 11.3. The number of hydrogen-bond donors (Lipinski definition) is 1. The van der Waals surface area contributed by atoms with Crippen molar-refractivity contribution in [2.24, 2.45) is 0 Å². The van der Waals surface area contributed by atoms with Gasteiger partial charge in [-0.3, -0.25) is 9.58 Å². The second kappa shape index (κ2) is 6.52. The van der Waals surface area contributed by atoms with Crippen molar-refractivity contribution in [2.45, 2.75) is 25.7 Å². The number of hydrogen-bond acceptors (Lipinski definition) is 6. The minimum absolute atomic E-state index is 0.305. The molecule has 126 valence electrons. The van der Waals surface area contributed by atoms with Crippen LogP contribution in [0.15, 0.2) is 18.2 Å². The molecule has 23 heavy (non-hydrogen) atoms. The van der Waals surface area contributed by atoms with Gasteiger partial charge in [-0.1, -0.05) is 11.6 Å². The van der Waals surface area contributed by atoms with Gasteiger partial charge in [0.2, 0.25) is 0 Å². The van der Waals surface area contributed by atoms with Gasteiger partial charge >= 0.3 is 0 Å². The Kier molecular flexibility index (Phi) is 4.80. The van der Waals surface area contributed by atoms with Gasteiger partial charge in [-0.2, -0.15) is 5.10 Å². The van der Waals surface area contributed by atoms with Gasteiger partial charge in [-0.25, -0.2) is 8.42 Å². The Balaban J connectivity index is 1.69. The molecule has 1 aliphatic rings. The fraction of sp³-hybridized carbons (Fsp3) is 0.500. The van der Waals surface area contributed by atoms with Gasteiger partial charge in [0.05, 0.1) is 28.0 Å². The topological polar surface area (TPSA) is 75.4 Å². The Bertz CT molecular complexity index is 800. The molecule has 0 aliphatic carbocycles. The second-order valence-electron chi connectivity index (χ2n) is 5.81. The number of nitrogens with zero attached hydrogens (tertiary/aromatic N) is 3. The molecule has 3 heterocycles. The summed E-state index contributed by atoms with van der Waals surface area (Å²) < 4.78 is 25.2. The van der Waals surface area contributed by atoms with E-state index in [9.17, 15) is 13.5 Å². The Labute approximate surface area is 144 Å². The smallest absolute Gasteiger partial charge is 0.150 e. The van der Waals surface area contributed by atoms with Gasteiger partial charge in [-0.15, -0.1) is 11.3 Å². The predicted octanol–water partition coefficient (Wildman–Crippen LogP) is 1.69. The highest BCUT2D eigenvalue weighted by Gasteiger charge is 2.23. The minimum Gasteiger partial charge on any atom is -0.386 e. The molecular weight excluding hydrogens is 358 g/mol. The molecule has 0 bridgehead atoms. The quantitative estimate of drug-likeness (QED) is 0.860. The first-order valence-electron chi connectivity index (χ1n) is 7.19. The number of aromatic nitrogens is 2. The van der Waals surface area contributed by atoms with Crippen molar-refractivity contribution >= 4 is 32.8 Å². The maximum atomic E-state index is 11.3. The third kappa shape index (κ3) is 4.33. The van der Waals surface area contributed by atoms with Gasteiger partial charge in [-0.05, 0) is 18.2 Å². The summed E-state index contributed by atoms with van der Waals surface area (Å²) in [5.41, 5.74) is 1.41. The predicted molar refractivity (Wildman–Crippen MR) is 90.3 cm³/mol. The molecule has 6 nitrogen and oxygen atoms in total. The molecule has 0 unspecified atom stereocenters. The summed E-state index contributed by atoms with van der Waals surface area (Å²) in [6, 6.07) is 5.72. The van der Waals surface area contributed by atoms with Gasteiger partial charge in [0.15, 0.2) is 0 Å². The summed E-state index contributed by atoms with van der Waals surface area (Å²) in [5, 5.41) is 14.4. The Morgan fingerprint density at radius 1 is 1.43 bits per heavy atom. The molecule has 0 spiro atoms. The molecule has 0 aromatic carbocycles. The van der Waals surface area contributed by atoms with Crippen LogP contribution in [-0.2, 0) is 29.5 Å². The van der Waals surface area contributed by atoms with E-state index in [0.29, 0.717) is 12.2 Å². The first kappa shape index (κ1) is 16.9. The third-order valence-corrected chi connectivity index (χ3v) is 5.84. The lowest BCUT2D eigenvalue weighted by atomic mass is 10.2. The minimum atomic E-state index is -3.24. The summed E-state index contributed by atoms with van der Waals surface area (Å²) in [5.74, 6) is -0.305. The lowest BCUT2D eigenvalue weighted by Crippen LogP contribution is -2.33. The average molecular weight is 376 g/mol. The Morgan fingerprint density at radius 3 is 2.87 bits per heavy atom. The van der Waals surface area contributed by atoms with Crippen LogP contribution in [0.4, 0.5) is 0 Å². The van der Waals surface area contributed by atoms with Crippen LogP contribution in [0.2, 0.25) is 4.34 Å². The number of sulfone groups is 1. The average Bonchev–Trinajstić information content (AvgIpc) is 3.02. The Morgan fingerprint density at radius 2 is 2.22 bits per heavy atom. The monoisotopic (exact) mass is 375 g/mol. The molecule has 2 aromatic heterocycles. The molecule has 1 aliphatic heterocycles. The van der Waals surface area contributed by atoms with Crippen LogP contribution in [0, 0.1) is 0 Å². The molecule has 0 saturated heterocycles. The zero-order valence-electron chi connectivity index (χ0n) is 12.6.